The first-order chi connectivity index (χ1) is 11.2. The SMILES string of the molecule is CC1CC=CCC1COC(=O)c1ccc(Cn2cccn2)cc1. The predicted molar refractivity (Wildman–Crippen MR) is 89.1 cm³/mol. The number of ether oxygens (including phenoxy) is 1. The zero-order valence-electron chi connectivity index (χ0n) is 13.4. The van der Waals surface area contributed by atoms with E-state index in [0.717, 1.165) is 18.4 Å². The fourth-order valence-electron chi connectivity index (χ4n) is 2.83. The van der Waals surface area contributed by atoms with Gasteiger partial charge >= 0.3 is 5.97 Å². The van der Waals surface area contributed by atoms with E-state index in [0.29, 0.717) is 30.6 Å². The van der Waals surface area contributed by atoms with Gasteiger partial charge in [0.2, 0.25) is 0 Å². The molecule has 0 saturated carbocycles. The van der Waals surface area contributed by atoms with Crippen molar-refractivity contribution in [2.75, 3.05) is 6.61 Å². The lowest BCUT2D eigenvalue weighted by Crippen LogP contribution is -2.21. The van der Waals surface area contributed by atoms with E-state index in [4.69, 9.17) is 4.74 Å². The van der Waals surface area contributed by atoms with Crippen LogP contribution in [0.5, 0.6) is 0 Å². The predicted octanol–water partition coefficient (Wildman–Crippen LogP) is 3.69. The third-order valence-electron chi connectivity index (χ3n) is 4.44. The Labute approximate surface area is 136 Å². The smallest absolute Gasteiger partial charge is 0.338 e. The molecule has 2 unspecified atom stereocenters. The molecule has 2 atom stereocenters. The van der Waals surface area contributed by atoms with Crippen LogP contribution in [0.3, 0.4) is 0 Å². The number of carbonyl (C=O) groups is 1. The molecule has 1 aromatic heterocycles. The average molecular weight is 310 g/mol. The lowest BCUT2D eigenvalue weighted by Gasteiger charge is -2.24. The topological polar surface area (TPSA) is 44.1 Å². The van der Waals surface area contributed by atoms with Crippen molar-refractivity contribution in [1.82, 2.24) is 9.78 Å². The zero-order chi connectivity index (χ0) is 16.1. The molecule has 0 amide bonds. The van der Waals surface area contributed by atoms with Gasteiger partial charge in [0, 0.05) is 12.4 Å². The van der Waals surface area contributed by atoms with Gasteiger partial charge in [0.15, 0.2) is 0 Å². The molecule has 0 bridgehead atoms. The second kappa shape index (κ2) is 7.27. The molecule has 1 aliphatic carbocycles. The van der Waals surface area contributed by atoms with Crippen LogP contribution < -0.4 is 0 Å². The second-order valence-electron chi connectivity index (χ2n) is 6.18. The molecule has 0 aliphatic heterocycles. The summed E-state index contributed by atoms with van der Waals surface area (Å²) >= 11 is 0. The van der Waals surface area contributed by atoms with Gasteiger partial charge < -0.3 is 4.74 Å². The van der Waals surface area contributed by atoms with E-state index in [1.165, 1.54) is 0 Å². The summed E-state index contributed by atoms with van der Waals surface area (Å²) < 4.78 is 7.35. The van der Waals surface area contributed by atoms with Crippen molar-refractivity contribution in [3.05, 3.63) is 66.0 Å². The Morgan fingerprint density at radius 2 is 2.04 bits per heavy atom. The Kier molecular flexibility index (Phi) is 4.91. The highest BCUT2D eigenvalue weighted by atomic mass is 16.5. The van der Waals surface area contributed by atoms with Gasteiger partial charge in [-0.15, -0.1) is 0 Å². The van der Waals surface area contributed by atoms with Crippen LogP contribution in [0.15, 0.2) is 54.9 Å². The van der Waals surface area contributed by atoms with Crippen molar-refractivity contribution >= 4 is 5.97 Å². The summed E-state index contributed by atoms with van der Waals surface area (Å²) in [5.41, 5.74) is 1.71. The van der Waals surface area contributed by atoms with Crippen molar-refractivity contribution in [3.63, 3.8) is 0 Å². The first-order valence-corrected chi connectivity index (χ1v) is 8.11. The fraction of sp³-hybridized carbons (Fsp3) is 0.368. The second-order valence-corrected chi connectivity index (χ2v) is 6.18. The van der Waals surface area contributed by atoms with Gasteiger partial charge in [-0.3, -0.25) is 4.68 Å². The first kappa shape index (κ1) is 15.5. The molecule has 1 heterocycles. The van der Waals surface area contributed by atoms with Gasteiger partial charge in [0.1, 0.15) is 0 Å². The van der Waals surface area contributed by atoms with E-state index in [9.17, 15) is 4.79 Å². The lowest BCUT2D eigenvalue weighted by molar-refractivity contribution is 0.0395. The van der Waals surface area contributed by atoms with Crippen molar-refractivity contribution in [2.45, 2.75) is 26.3 Å². The molecule has 1 aliphatic rings. The summed E-state index contributed by atoms with van der Waals surface area (Å²) in [7, 11) is 0. The van der Waals surface area contributed by atoms with E-state index in [1.807, 2.05) is 41.2 Å². The molecule has 4 heteroatoms. The van der Waals surface area contributed by atoms with Gasteiger partial charge in [-0.05, 0) is 48.4 Å². The average Bonchev–Trinajstić information content (AvgIpc) is 3.07. The van der Waals surface area contributed by atoms with Gasteiger partial charge in [-0.1, -0.05) is 31.2 Å². The van der Waals surface area contributed by atoms with E-state index in [2.05, 4.69) is 24.2 Å². The number of benzene rings is 1. The Morgan fingerprint density at radius 1 is 1.26 bits per heavy atom. The fourth-order valence-corrected chi connectivity index (χ4v) is 2.83. The molecule has 3 rings (SSSR count). The highest BCUT2D eigenvalue weighted by Crippen LogP contribution is 2.25. The molecular formula is C19H22N2O2. The molecule has 120 valence electrons. The van der Waals surface area contributed by atoms with Crippen molar-refractivity contribution in [3.8, 4) is 0 Å². The molecule has 1 aromatic carbocycles. The third-order valence-corrected chi connectivity index (χ3v) is 4.44. The summed E-state index contributed by atoms with van der Waals surface area (Å²) in [6.07, 6.45) is 10.1. The number of allylic oxidation sites excluding steroid dienone is 2. The largest absolute Gasteiger partial charge is 0.462 e. The van der Waals surface area contributed by atoms with Crippen LogP contribution in [-0.2, 0) is 11.3 Å². The van der Waals surface area contributed by atoms with Crippen LogP contribution >= 0.6 is 0 Å². The van der Waals surface area contributed by atoms with Crippen LogP contribution in [0.1, 0.15) is 35.7 Å². The lowest BCUT2D eigenvalue weighted by atomic mass is 9.85. The Balaban J connectivity index is 1.54. The molecule has 0 radical (unpaired) electrons. The minimum Gasteiger partial charge on any atom is -0.462 e. The summed E-state index contributed by atoms with van der Waals surface area (Å²) in [5, 5.41) is 4.18. The van der Waals surface area contributed by atoms with E-state index in [-0.39, 0.29) is 5.97 Å². The number of rotatable bonds is 5. The Bertz CT molecular complexity index is 659. The van der Waals surface area contributed by atoms with Gasteiger partial charge in [-0.25, -0.2) is 4.79 Å². The summed E-state index contributed by atoms with van der Waals surface area (Å²) in [5.74, 6) is 0.768. The highest BCUT2D eigenvalue weighted by Gasteiger charge is 2.20. The van der Waals surface area contributed by atoms with Crippen LogP contribution in [0, 0.1) is 11.8 Å². The van der Waals surface area contributed by atoms with Crippen LogP contribution in [0.4, 0.5) is 0 Å². The number of nitrogens with zero attached hydrogens (tertiary/aromatic N) is 2. The van der Waals surface area contributed by atoms with E-state index < -0.39 is 0 Å². The monoisotopic (exact) mass is 310 g/mol. The molecule has 4 nitrogen and oxygen atoms in total. The Morgan fingerprint density at radius 3 is 2.74 bits per heavy atom. The molecule has 0 N–H and O–H groups in total. The number of hydrogen-bond acceptors (Lipinski definition) is 3. The maximum atomic E-state index is 12.2. The zero-order valence-corrected chi connectivity index (χ0v) is 13.4. The molecule has 23 heavy (non-hydrogen) atoms. The Hall–Kier alpha value is -2.36. The minimum atomic E-state index is -0.239. The molecule has 0 saturated heterocycles. The quantitative estimate of drug-likeness (QED) is 0.625. The number of esters is 1. The van der Waals surface area contributed by atoms with E-state index >= 15 is 0 Å². The standard InChI is InChI=1S/C19H22N2O2/c1-15-5-2-3-6-18(15)14-23-19(22)17-9-7-16(8-10-17)13-21-12-4-11-20-21/h2-4,7-12,15,18H,5-6,13-14H2,1H3. The first-order valence-electron chi connectivity index (χ1n) is 8.11. The number of carbonyl (C=O) groups excluding carboxylic acids is 1. The number of hydrogen-bond donors (Lipinski definition) is 0. The minimum absolute atomic E-state index is 0.239. The third kappa shape index (κ3) is 4.09. The molecule has 0 fully saturated rings. The maximum absolute atomic E-state index is 12.2. The van der Waals surface area contributed by atoms with E-state index in [1.54, 1.807) is 6.20 Å². The van der Waals surface area contributed by atoms with Crippen molar-refractivity contribution in [2.24, 2.45) is 11.8 Å². The summed E-state index contributed by atoms with van der Waals surface area (Å²) in [6.45, 7) is 3.42. The van der Waals surface area contributed by atoms with Crippen molar-refractivity contribution < 1.29 is 9.53 Å². The molecule has 2 aromatic rings. The summed E-state index contributed by atoms with van der Waals surface area (Å²) in [4.78, 5) is 12.2. The highest BCUT2D eigenvalue weighted by molar-refractivity contribution is 5.89. The molecular weight excluding hydrogens is 288 g/mol. The number of aromatic nitrogens is 2. The van der Waals surface area contributed by atoms with Crippen LogP contribution in [-0.4, -0.2) is 22.4 Å². The maximum Gasteiger partial charge on any atom is 0.338 e. The van der Waals surface area contributed by atoms with Crippen molar-refractivity contribution in [1.29, 1.82) is 0 Å². The molecule has 0 spiro atoms. The van der Waals surface area contributed by atoms with Crippen LogP contribution in [0.2, 0.25) is 0 Å². The van der Waals surface area contributed by atoms with Gasteiger partial charge in [0.05, 0.1) is 18.7 Å². The van der Waals surface area contributed by atoms with Gasteiger partial charge in [-0.2, -0.15) is 5.10 Å². The van der Waals surface area contributed by atoms with Gasteiger partial charge in [0.25, 0.3) is 0 Å². The normalized spacial score (nSPS) is 20.4. The summed E-state index contributed by atoms with van der Waals surface area (Å²) in [6, 6.07) is 9.44. The van der Waals surface area contributed by atoms with Crippen LogP contribution in [0.25, 0.3) is 0 Å².